The Labute approximate surface area is 157 Å². The predicted molar refractivity (Wildman–Crippen MR) is 106 cm³/mol. The number of para-hydroxylation sites is 2. The van der Waals surface area contributed by atoms with Crippen LogP contribution in [-0.2, 0) is 6.54 Å². The number of hydrogen-bond acceptors (Lipinski definition) is 4. The number of rotatable bonds is 4. The summed E-state index contributed by atoms with van der Waals surface area (Å²) in [4.78, 5) is 21.6. The second-order valence-electron chi connectivity index (χ2n) is 6.95. The number of benzene rings is 2. The minimum Gasteiger partial charge on any atom is -0.369 e. The van der Waals surface area contributed by atoms with E-state index in [1.54, 1.807) is 6.92 Å². The molecule has 1 aliphatic rings. The monoisotopic (exact) mass is 366 g/mol. The summed E-state index contributed by atoms with van der Waals surface area (Å²) in [5, 5.41) is 0. The van der Waals surface area contributed by atoms with Gasteiger partial charge in [0.1, 0.15) is 11.5 Å². The molecule has 140 valence electrons. The number of fused-ring (bicyclic) bond motifs is 1. The van der Waals surface area contributed by atoms with Gasteiger partial charge >= 0.3 is 0 Å². The van der Waals surface area contributed by atoms with Crippen molar-refractivity contribution in [2.75, 3.05) is 37.6 Å². The van der Waals surface area contributed by atoms with E-state index >= 15 is 0 Å². The van der Waals surface area contributed by atoms with Gasteiger partial charge in [0, 0.05) is 45.0 Å². The molecule has 1 saturated heterocycles. The Balaban J connectivity index is 1.42. The van der Waals surface area contributed by atoms with Gasteiger partial charge in [-0.15, -0.1) is 0 Å². The Kier molecular flexibility index (Phi) is 4.90. The molecule has 0 aliphatic carbocycles. The first-order valence-electron chi connectivity index (χ1n) is 9.31. The smallest absolute Gasteiger partial charge is 0.272 e. The number of nitrogens with zero attached hydrogens (tertiary/aromatic N) is 4. The maximum atomic E-state index is 13.1. The van der Waals surface area contributed by atoms with Crippen LogP contribution in [0.4, 0.5) is 10.1 Å². The average Bonchev–Trinajstić information content (AvgIpc) is 2.69. The first kappa shape index (κ1) is 17.7. The highest BCUT2D eigenvalue weighted by atomic mass is 19.1. The fraction of sp³-hybridized carbons (Fsp3) is 0.333. The highest BCUT2D eigenvalue weighted by Gasteiger charge is 2.18. The summed E-state index contributed by atoms with van der Waals surface area (Å²) >= 11 is 0. The van der Waals surface area contributed by atoms with Gasteiger partial charge in [0.05, 0.1) is 11.0 Å². The number of aromatic nitrogens is 2. The third-order valence-corrected chi connectivity index (χ3v) is 5.22. The lowest BCUT2D eigenvalue weighted by Gasteiger charge is -2.36. The molecule has 1 aromatic heterocycles. The summed E-state index contributed by atoms with van der Waals surface area (Å²) in [6.07, 6.45) is 0. The maximum Gasteiger partial charge on any atom is 0.272 e. The van der Waals surface area contributed by atoms with Crippen molar-refractivity contribution in [3.05, 3.63) is 70.4 Å². The molecule has 0 unspecified atom stereocenters. The van der Waals surface area contributed by atoms with Gasteiger partial charge in [-0.25, -0.2) is 9.37 Å². The molecule has 1 fully saturated rings. The van der Waals surface area contributed by atoms with Crippen molar-refractivity contribution >= 4 is 16.7 Å². The molecule has 0 saturated carbocycles. The van der Waals surface area contributed by atoms with Crippen LogP contribution in [0.5, 0.6) is 0 Å². The third kappa shape index (κ3) is 3.71. The molecule has 2 heterocycles. The van der Waals surface area contributed by atoms with Gasteiger partial charge < -0.3 is 9.47 Å². The van der Waals surface area contributed by atoms with Gasteiger partial charge in [-0.05, 0) is 43.3 Å². The fourth-order valence-electron chi connectivity index (χ4n) is 3.67. The molecule has 0 bridgehead atoms. The molecule has 0 amide bonds. The summed E-state index contributed by atoms with van der Waals surface area (Å²) in [5.74, 6) is -0.206. The van der Waals surface area contributed by atoms with Crippen molar-refractivity contribution in [2.24, 2.45) is 0 Å². The Bertz CT molecular complexity index is 991. The molecule has 1 aliphatic heterocycles. The zero-order valence-corrected chi connectivity index (χ0v) is 15.4. The normalized spacial score (nSPS) is 15.4. The van der Waals surface area contributed by atoms with Crippen molar-refractivity contribution in [3.63, 3.8) is 0 Å². The Morgan fingerprint density at radius 1 is 0.963 bits per heavy atom. The van der Waals surface area contributed by atoms with Gasteiger partial charge in [-0.3, -0.25) is 9.69 Å². The SMILES string of the molecule is Cc1nc2ccccc2n(CCN2CCN(c3ccc(F)cc3)CC2)c1=O. The first-order chi connectivity index (χ1) is 13.1. The van der Waals surface area contributed by atoms with E-state index in [9.17, 15) is 9.18 Å². The molecule has 6 heteroatoms. The van der Waals surface area contributed by atoms with E-state index in [-0.39, 0.29) is 11.4 Å². The lowest BCUT2D eigenvalue weighted by molar-refractivity contribution is 0.248. The molecule has 2 aromatic carbocycles. The first-order valence-corrected chi connectivity index (χ1v) is 9.31. The van der Waals surface area contributed by atoms with Crippen molar-refractivity contribution in [1.29, 1.82) is 0 Å². The Hall–Kier alpha value is -2.73. The molecule has 5 nitrogen and oxygen atoms in total. The maximum absolute atomic E-state index is 13.1. The van der Waals surface area contributed by atoms with E-state index in [0.717, 1.165) is 49.4 Å². The van der Waals surface area contributed by atoms with Gasteiger partial charge in [-0.1, -0.05) is 12.1 Å². The molecule has 0 atom stereocenters. The lowest BCUT2D eigenvalue weighted by atomic mass is 10.2. The van der Waals surface area contributed by atoms with Gasteiger partial charge in [-0.2, -0.15) is 0 Å². The van der Waals surface area contributed by atoms with Crippen LogP contribution >= 0.6 is 0 Å². The van der Waals surface area contributed by atoms with Gasteiger partial charge in [0.25, 0.3) is 5.56 Å². The van der Waals surface area contributed by atoms with Crippen molar-refractivity contribution in [2.45, 2.75) is 13.5 Å². The van der Waals surface area contributed by atoms with Crippen LogP contribution in [0.1, 0.15) is 5.69 Å². The number of aryl methyl sites for hydroxylation is 1. The molecule has 0 spiro atoms. The van der Waals surface area contributed by atoms with E-state index in [1.807, 2.05) is 41.0 Å². The van der Waals surface area contributed by atoms with E-state index in [0.29, 0.717) is 12.2 Å². The van der Waals surface area contributed by atoms with Gasteiger partial charge in [0.15, 0.2) is 0 Å². The van der Waals surface area contributed by atoms with Crippen molar-refractivity contribution in [1.82, 2.24) is 14.5 Å². The zero-order valence-electron chi connectivity index (χ0n) is 15.4. The summed E-state index contributed by atoms with van der Waals surface area (Å²) in [6, 6.07) is 14.5. The van der Waals surface area contributed by atoms with Gasteiger partial charge in [0.2, 0.25) is 0 Å². The van der Waals surface area contributed by atoms with Crippen molar-refractivity contribution < 1.29 is 4.39 Å². The van der Waals surface area contributed by atoms with E-state index in [4.69, 9.17) is 0 Å². The van der Waals surface area contributed by atoms with Crippen LogP contribution in [0, 0.1) is 12.7 Å². The van der Waals surface area contributed by atoms with Crippen LogP contribution in [0.15, 0.2) is 53.3 Å². The summed E-state index contributed by atoms with van der Waals surface area (Å²) < 4.78 is 14.9. The largest absolute Gasteiger partial charge is 0.369 e. The summed E-state index contributed by atoms with van der Waals surface area (Å²) in [7, 11) is 0. The minimum atomic E-state index is -0.206. The third-order valence-electron chi connectivity index (χ3n) is 5.22. The van der Waals surface area contributed by atoms with Crippen LogP contribution < -0.4 is 10.5 Å². The second-order valence-corrected chi connectivity index (χ2v) is 6.95. The second kappa shape index (κ2) is 7.48. The molecule has 0 N–H and O–H groups in total. The number of anilines is 1. The summed E-state index contributed by atoms with van der Waals surface area (Å²) in [6.45, 7) is 6.90. The van der Waals surface area contributed by atoms with E-state index < -0.39 is 0 Å². The number of hydrogen-bond donors (Lipinski definition) is 0. The quantitative estimate of drug-likeness (QED) is 0.712. The summed E-state index contributed by atoms with van der Waals surface area (Å²) in [5.41, 5.74) is 3.32. The van der Waals surface area contributed by atoms with Crippen LogP contribution in [0.2, 0.25) is 0 Å². The van der Waals surface area contributed by atoms with E-state index in [2.05, 4.69) is 14.8 Å². The van der Waals surface area contributed by atoms with Crippen LogP contribution in [-0.4, -0.2) is 47.2 Å². The predicted octanol–water partition coefficient (Wildman–Crippen LogP) is 2.67. The molecular formula is C21H23FN4O. The molecule has 0 radical (unpaired) electrons. The topological polar surface area (TPSA) is 41.4 Å². The van der Waals surface area contributed by atoms with Crippen LogP contribution in [0.3, 0.4) is 0 Å². The molecule has 3 aromatic rings. The lowest BCUT2D eigenvalue weighted by Crippen LogP contribution is -2.47. The highest BCUT2D eigenvalue weighted by molar-refractivity contribution is 5.74. The molecular weight excluding hydrogens is 343 g/mol. The molecule has 27 heavy (non-hydrogen) atoms. The average molecular weight is 366 g/mol. The Morgan fingerprint density at radius 3 is 2.41 bits per heavy atom. The Morgan fingerprint density at radius 2 is 1.67 bits per heavy atom. The fourth-order valence-corrected chi connectivity index (χ4v) is 3.67. The standard InChI is InChI=1S/C21H23FN4O/c1-16-21(27)26(20-5-3-2-4-19(20)23-16)15-12-24-10-13-25(14-11-24)18-8-6-17(22)7-9-18/h2-9H,10-15H2,1H3. The van der Waals surface area contributed by atoms with Crippen molar-refractivity contribution in [3.8, 4) is 0 Å². The van der Waals surface area contributed by atoms with Crippen LogP contribution in [0.25, 0.3) is 11.0 Å². The highest BCUT2D eigenvalue weighted by Crippen LogP contribution is 2.17. The number of halogens is 1. The molecule has 4 rings (SSSR count). The minimum absolute atomic E-state index is 0.0151. The number of piperazine rings is 1. The van der Waals surface area contributed by atoms with E-state index in [1.165, 1.54) is 12.1 Å². The zero-order chi connectivity index (χ0) is 18.8.